The van der Waals surface area contributed by atoms with E-state index in [0.717, 1.165) is 30.8 Å². The number of hydrogen-bond donors (Lipinski definition) is 2. The van der Waals surface area contributed by atoms with Crippen LogP contribution in [0.1, 0.15) is 29.3 Å². The third-order valence-corrected chi connectivity index (χ3v) is 3.47. The molecule has 2 aromatic rings. The SMILES string of the molecule is CCc1ccc(NC(=O)c2cncc(NCCCOC)c2)cc1. The Morgan fingerprint density at radius 2 is 1.96 bits per heavy atom. The number of nitrogens with zero attached hydrogens (tertiary/aromatic N) is 1. The molecule has 5 nitrogen and oxygen atoms in total. The Balaban J connectivity index is 1.95. The van der Waals surface area contributed by atoms with E-state index in [4.69, 9.17) is 4.74 Å². The summed E-state index contributed by atoms with van der Waals surface area (Å²) < 4.78 is 5.00. The molecule has 1 heterocycles. The van der Waals surface area contributed by atoms with Crippen LogP contribution < -0.4 is 10.6 Å². The number of ether oxygens (including phenoxy) is 1. The molecule has 0 spiro atoms. The first-order valence-electron chi connectivity index (χ1n) is 7.81. The number of benzene rings is 1. The zero-order chi connectivity index (χ0) is 16.5. The van der Waals surface area contributed by atoms with Gasteiger partial charge in [0, 0.05) is 38.3 Å². The molecule has 0 saturated carbocycles. The van der Waals surface area contributed by atoms with Gasteiger partial charge in [0.25, 0.3) is 5.91 Å². The molecule has 1 aromatic carbocycles. The molecule has 0 radical (unpaired) electrons. The Morgan fingerprint density at radius 1 is 1.17 bits per heavy atom. The topological polar surface area (TPSA) is 63.2 Å². The number of aromatic nitrogens is 1. The summed E-state index contributed by atoms with van der Waals surface area (Å²) in [4.78, 5) is 16.4. The Kier molecular flexibility index (Phi) is 6.56. The number of anilines is 2. The summed E-state index contributed by atoms with van der Waals surface area (Å²) in [5, 5.41) is 6.12. The van der Waals surface area contributed by atoms with E-state index in [9.17, 15) is 4.79 Å². The highest BCUT2D eigenvalue weighted by Crippen LogP contribution is 2.13. The first kappa shape index (κ1) is 17.0. The lowest BCUT2D eigenvalue weighted by atomic mass is 10.1. The van der Waals surface area contributed by atoms with Gasteiger partial charge in [-0.25, -0.2) is 0 Å². The summed E-state index contributed by atoms with van der Waals surface area (Å²) in [7, 11) is 1.68. The molecule has 122 valence electrons. The highest BCUT2D eigenvalue weighted by atomic mass is 16.5. The Labute approximate surface area is 137 Å². The van der Waals surface area contributed by atoms with E-state index in [-0.39, 0.29) is 5.91 Å². The van der Waals surface area contributed by atoms with Crippen molar-refractivity contribution in [1.82, 2.24) is 4.98 Å². The molecule has 0 aliphatic carbocycles. The van der Waals surface area contributed by atoms with Crippen LogP contribution in [-0.4, -0.2) is 31.2 Å². The van der Waals surface area contributed by atoms with Gasteiger partial charge in [0.2, 0.25) is 0 Å². The summed E-state index contributed by atoms with van der Waals surface area (Å²) in [6.07, 6.45) is 5.15. The number of carbonyl (C=O) groups is 1. The maximum Gasteiger partial charge on any atom is 0.257 e. The minimum atomic E-state index is -0.165. The molecule has 0 fully saturated rings. The predicted molar refractivity (Wildman–Crippen MR) is 93.0 cm³/mol. The van der Waals surface area contributed by atoms with Crippen LogP contribution in [-0.2, 0) is 11.2 Å². The summed E-state index contributed by atoms with van der Waals surface area (Å²) in [5.41, 5.74) is 3.38. The van der Waals surface area contributed by atoms with Gasteiger partial charge in [-0.15, -0.1) is 0 Å². The minimum Gasteiger partial charge on any atom is -0.385 e. The predicted octanol–water partition coefficient (Wildman–Crippen LogP) is 3.34. The fraction of sp³-hybridized carbons (Fsp3) is 0.333. The summed E-state index contributed by atoms with van der Waals surface area (Å²) in [5.74, 6) is -0.165. The van der Waals surface area contributed by atoms with Crippen LogP contribution >= 0.6 is 0 Å². The molecule has 1 aromatic heterocycles. The summed E-state index contributed by atoms with van der Waals surface area (Å²) in [6, 6.07) is 9.66. The smallest absolute Gasteiger partial charge is 0.257 e. The Bertz CT molecular complexity index is 626. The molecule has 0 aliphatic rings. The van der Waals surface area contributed by atoms with E-state index >= 15 is 0 Å². The molecule has 0 unspecified atom stereocenters. The van der Waals surface area contributed by atoms with Crippen molar-refractivity contribution < 1.29 is 9.53 Å². The van der Waals surface area contributed by atoms with E-state index in [1.54, 1.807) is 25.6 Å². The average molecular weight is 313 g/mol. The van der Waals surface area contributed by atoms with Crippen molar-refractivity contribution in [1.29, 1.82) is 0 Å². The second-order valence-electron chi connectivity index (χ2n) is 5.24. The van der Waals surface area contributed by atoms with Crippen molar-refractivity contribution >= 4 is 17.3 Å². The number of amides is 1. The van der Waals surface area contributed by atoms with Crippen molar-refractivity contribution in [3.63, 3.8) is 0 Å². The summed E-state index contributed by atoms with van der Waals surface area (Å²) >= 11 is 0. The Hall–Kier alpha value is -2.40. The van der Waals surface area contributed by atoms with Gasteiger partial charge in [-0.2, -0.15) is 0 Å². The van der Waals surface area contributed by atoms with Gasteiger partial charge < -0.3 is 15.4 Å². The second-order valence-corrected chi connectivity index (χ2v) is 5.24. The maximum absolute atomic E-state index is 12.3. The lowest BCUT2D eigenvalue weighted by molar-refractivity contribution is 0.102. The molecule has 0 aliphatic heterocycles. The zero-order valence-electron chi connectivity index (χ0n) is 13.6. The van der Waals surface area contributed by atoms with Crippen molar-refractivity contribution in [3.8, 4) is 0 Å². The number of methoxy groups -OCH3 is 1. The van der Waals surface area contributed by atoms with Crippen molar-refractivity contribution in [2.75, 3.05) is 30.9 Å². The minimum absolute atomic E-state index is 0.165. The Morgan fingerprint density at radius 3 is 2.65 bits per heavy atom. The van der Waals surface area contributed by atoms with Crippen LogP contribution in [0.25, 0.3) is 0 Å². The molecular formula is C18H23N3O2. The lowest BCUT2D eigenvalue weighted by Crippen LogP contribution is -2.13. The molecule has 0 bridgehead atoms. The fourth-order valence-electron chi connectivity index (χ4n) is 2.14. The molecular weight excluding hydrogens is 290 g/mol. The first-order chi connectivity index (χ1) is 11.2. The number of hydrogen-bond acceptors (Lipinski definition) is 4. The van der Waals surface area contributed by atoms with Crippen LogP contribution in [0.2, 0.25) is 0 Å². The monoisotopic (exact) mass is 313 g/mol. The van der Waals surface area contributed by atoms with Gasteiger partial charge in [0.1, 0.15) is 0 Å². The largest absolute Gasteiger partial charge is 0.385 e. The molecule has 2 N–H and O–H groups in total. The van der Waals surface area contributed by atoms with Crippen LogP contribution in [0, 0.1) is 0 Å². The second kappa shape index (κ2) is 8.90. The molecule has 0 saturated heterocycles. The third kappa shape index (κ3) is 5.38. The quantitative estimate of drug-likeness (QED) is 0.734. The fourth-order valence-corrected chi connectivity index (χ4v) is 2.14. The van der Waals surface area contributed by atoms with Crippen LogP contribution in [0.4, 0.5) is 11.4 Å². The van der Waals surface area contributed by atoms with Crippen molar-refractivity contribution in [3.05, 3.63) is 53.9 Å². The number of aryl methyl sites for hydroxylation is 1. The van der Waals surface area contributed by atoms with Crippen LogP contribution in [0.5, 0.6) is 0 Å². The van der Waals surface area contributed by atoms with Gasteiger partial charge in [-0.3, -0.25) is 9.78 Å². The van der Waals surface area contributed by atoms with Gasteiger partial charge in [-0.1, -0.05) is 19.1 Å². The molecule has 1 amide bonds. The van der Waals surface area contributed by atoms with Crippen molar-refractivity contribution in [2.45, 2.75) is 19.8 Å². The normalized spacial score (nSPS) is 10.3. The molecule has 2 rings (SSSR count). The first-order valence-corrected chi connectivity index (χ1v) is 7.81. The third-order valence-electron chi connectivity index (χ3n) is 3.47. The standard InChI is InChI=1S/C18H23N3O2/c1-3-14-5-7-16(8-6-14)21-18(22)15-11-17(13-19-12-15)20-9-4-10-23-2/h5-8,11-13,20H,3-4,9-10H2,1-2H3,(H,21,22). The maximum atomic E-state index is 12.3. The number of pyridine rings is 1. The average Bonchev–Trinajstić information content (AvgIpc) is 2.60. The molecule has 23 heavy (non-hydrogen) atoms. The lowest BCUT2D eigenvalue weighted by Gasteiger charge is -2.09. The molecule has 0 atom stereocenters. The highest BCUT2D eigenvalue weighted by molar-refractivity contribution is 6.04. The van der Waals surface area contributed by atoms with Crippen LogP contribution in [0.15, 0.2) is 42.7 Å². The number of nitrogens with one attached hydrogen (secondary N) is 2. The van der Waals surface area contributed by atoms with E-state index in [1.165, 1.54) is 5.56 Å². The van der Waals surface area contributed by atoms with Gasteiger partial charge in [-0.05, 0) is 36.6 Å². The van der Waals surface area contributed by atoms with E-state index in [2.05, 4.69) is 22.5 Å². The number of carbonyl (C=O) groups excluding carboxylic acids is 1. The van der Waals surface area contributed by atoms with Gasteiger partial charge in [0.05, 0.1) is 11.3 Å². The molecule has 5 heteroatoms. The van der Waals surface area contributed by atoms with Crippen molar-refractivity contribution in [2.24, 2.45) is 0 Å². The zero-order valence-corrected chi connectivity index (χ0v) is 13.6. The van der Waals surface area contributed by atoms with Gasteiger partial charge in [0.15, 0.2) is 0 Å². The van der Waals surface area contributed by atoms with Crippen LogP contribution in [0.3, 0.4) is 0 Å². The van der Waals surface area contributed by atoms with E-state index in [1.807, 2.05) is 24.3 Å². The van der Waals surface area contributed by atoms with E-state index in [0.29, 0.717) is 12.2 Å². The van der Waals surface area contributed by atoms with E-state index < -0.39 is 0 Å². The number of rotatable bonds is 8. The highest BCUT2D eigenvalue weighted by Gasteiger charge is 2.07. The van der Waals surface area contributed by atoms with Gasteiger partial charge >= 0.3 is 0 Å². The summed E-state index contributed by atoms with van der Waals surface area (Å²) in [6.45, 7) is 3.58.